The third-order valence-electron chi connectivity index (χ3n) is 5.19. The molecule has 0 aromatic carbocycles. The second-order valence-electron chi connectivity index (χ2n) is 8.29. The number of fused-ring (bicyclic) bond motifs is 1. The fourth-order valence-corrected chi connectivity index (χ4v) is 5.40. The van der Waals surface area contributed by atoms with Gasteiger partial charge in [-0.2, -0.15) is 9.36 Å². The number of carboxylic acid groups (broad SMARTS) is 1. The smallest absolute Gasteiger partial charge is 0.352 e. The number of amides is 3. The molecule has 1 fully saturated rings. The topological polar surface area (TPSA) is 203 Å². The SMILES string of the molecule is C[N+](C)(CCC(N)=O)CC1=C(C(=O)O)N2C(=O)[C@@H](NC(=O)/C(=N\OCF)c3nsc(N)n3)[C@@H]2SC1. The predicted octanol–water partition coefficient (Wildman–Crippen LogP) is -1.54. The number of nitrogens with zero attached hydrogens (tertiary/aromatic N) is 5. The van der Waals surface area contributed by atoms with Crippen molar-refractivity contribution in [2.75, 3.05) is 45.5 Å². The largest absolute Gasteiger partial charge is 0.477 e. The number of hydrogen-bond donors (Lipinski definition) is 4. The zero-order valence-corrected chi connectivity index (χ0v) is 20.4. The molecule has 3 heterocycles. The number of quaternary nitrogens is 1. The van der Waals surface area contributed by atoms with Gasteiger partial charge < -0.3 is 31.2 Å². The number of carboxylic acids is 1. The zero-order chi connectivity index (χ0) is 25.9. The molecule has 0 bridgehead atoms. The molecule has 14 nitrogen and oxygen atoms in total. The number of nitrogens with one attached hydrogen (secondary N) is 1. The second-order valence-corrected chi connectivity index (χ2v) is 10.2. The Morgan fingerprint density at radius 3 is 2.69 bits per heavy atom. The molecule has 35 heavy (non-hydrogen) atoms. The molecule has 0 unspecified atom stereocenters. The molecule has 2 aliphatic rings. The molecule has 0 saturated carbocycles. The van der Waals surface area contributed by atoms with Crippen LogP contribution in [0.1, 0.15) is 12.2 Å². The van der Waals surface area contributed by atoms with Crippen molar-refractivity contribution in [3.05, 3.63) is 17.1 Å². The van der Waals surface area contributed by atoms with Gasteiger partial charge in [-0.1, -0.05) is 5.16 Å². The Kier molecular flexibility index (Phi) is 7.91. The van der Waals surface area contributed by atoms with Gasteiger partial charge in [0.25, 0.3) is 18.7 Å². The fourth-order valence-electron chi connectivity index (χ4n) is 3.63. The molecule has 3 amide bonds. The maximum Gasteiger partial charge on any atom is 0.352 e. The van der Waals surface area contributed by atoms with Gasteiger partial charge in [-0.3, -0.25) is 19.3 Å². The van der Waals surface area contributed by atoms with E-state index in [-0.39, 0.29) is 35.4 Å². The van der Waals surface area contributed by atoms with Crippen LogP contribution < -0.4 is 16.8 Å². The maximum atomic E-state index is 12.9. The molecule has 1 saturated heterocycles. The number of alkyl halides is 1. The lowest BCUT2D eigenvalue weighted by atomic mass is 10.0. The highest BCUT2D eigenvalue weighted by Gasteiger charge is 2.55. The lowest BCUT2D eigenvalue weighted by Gasteiger charge is -2.49. The van der Waals surface area contributed by atoms with Crippen molar-refractivity contribution in [1.82, 2.24) is 19.6 Å². The average Bonchev–Trinajstić information content (AvgIpc) is 3.21. The van der Waals surface area contributed by atoms with Gasteiger partial charge in [-0.15, -0.1) is 11.8 Å². The molecular weight excluding hydrogens is 507 g/mol. The van der Waals surface area contributed by atoms with Gasteiger partial charge in [0.15, 0.2) is 5.13 Å². The van der Waals surface area contributed by atoms with Crippen molar-refractivity contribution in [1.29, 1.82) is 0 Å². The van der Waals surface area contributed by atoms with E-state index in [9.17, 15) is 28.7 Å². The number of halogens is 1. The maximum absolute atomic E-state index is 12.9. The number of aliphatic carboxylic acids is 1. The summed E-state index contributed by atoms with van der Waals surface area (Å²) in [6.07, 6.45) is 0.130. The van der Waals surface area contributed by atoms with Crippen LogP contribution in [0.25, 0.3) is 0 Å². The highest BCUT2D eigenvalue weighted by Crippen LogP contribution is 2.40. The summed E-state index contributed by atoms with van der Waals surface area (Å²) in [6, 6.07) is -1.06. The molecule has 0 radical (unpaired) electrons. The summed E-state index contributed by atoms with van der Waals surface area (Å²) < 4.78 is 16.6. The Morgan fingerprint density at radius 1 is 1.40 bits per heavy atom. The van der Waals surface area contributed by atoms with Crippen LogP contribution in [0.15, 0.2) is 16.4 Å². The van der Waals surface area contributed by atoms with Crippen molar-refractivity contribution in [2.45, 2.75) is 17.8 Å². The number of primary amides is 1. The number of nitrogen functional groups attached to an aromatic ring is 1. The van der Waals surface area contributed by atoms with Gasteiger partial charge >= 0.3 is 5.97 Å². The van der Waals surface area contributed by atoms with Crippen LogP contribution in [0.2, 0.25) is 0 Å². The van der Waals surface area contributed by atoms with Crippen LogP contribution in [0, 0.1) is 0 Å². The molecule has 190 valence electrons. The summed E-state index contributed by atoms with van der Waals surface area (Å²) in [6.45, 7) is -0.636. The van der Waals surface area contributed by atoms with Crippen molar-refractivity contribution in [3.8, 4) is 0 Å². The van der Waals surface area contributed by atoms with Crippen molar-refractivity contribution in [2.24, 2.45) is 10.9 Å². The number of β-lactam (4-membered cyclic amide) rings is 1. The summed E-state index contributed by atoms with van der Waals surface area (Å²) in [5.74, 6) is -3.21. The van der Waals surface area contributed by atoms with Crippen molar-refractivity contribution < 1.29 is 38.0 Å². The summed E-state index contributed by atoms with van der Waals surface area (Å²) in [5, 5.41) is 15.0. The minimum Gasteiger partial charge on any atom is -0.477 e. The Hall–Kier alpha value is -3.31. The zero-order valence-electron chi connectivity index (χ0n) is 18.8. The second kappa shape index (κ2) is 10.5. The molecule has 0 spiro atoms. The van der Waals surface area contributed by atoms with Gasteiger partial charge in [0, 0.05) is 22.9 Å². The monoisotopic (exact) mass is 531 g/mol. The molecule has 6 N–H and O–H groups in total. The first-order valence-corrected chi connectivity index (χ1v) is 11.9. The lowest BCUT2D eigenvalue weighted by Crippen LogP contribution is -2.71. The molecule has 1 aromatic heterocycles. The first-order valence-electron chi connectivity index (χ1n) is 10.1. The predicted molar refractivity (Wildman–Crippen MR) is 123 cm³/mol. The fraction of sp³-hybridized carbons (Fsp3) is 0.500. The number of carbonyl (C=O) groups is 4. The number of likely N-dealkylation sites (N-methyl/N-ethyl adjacent to an activating group) is 1. The normalized spacial score (nSPS) is 20.3. The van der Waals surface area contributed by atoms with Gasteiger partial charge in [0.1, 0.15) is 23.7 Å². The number of anilines is 1. The van der Waals surface area contributed by atoms with Crippen LogP contribution in [0.5, 0.6) is 0 Å². The van der Waals surface area contributed by atoms with Crippen LogP contribution in [-0.4, -0.2) is 104 Å². The minimum atomic E-state index is -1.31. The van der Waals surface area contributed by atoms with E-state index in [4.69, 9.17) is 11.5 Å². The Morgan fingerprint density at radius 2 is 2.11 bits per heavy atom. The third kappa shape index (κ3) is 5.85. The van der Waals surface area contributed by atoms with E-state index in [1.807, 2.05) is 14.1 Å². The van der Waals surface area contributed by atoms with Crippen LogP contribution in [-0.2, 0) is 24.0 Å². The number of carbonyl (C=O) groups excluding carboxylic acids is 3. The standard InChI is InChI=1S/C18H23FN8O6S2/c1-27(2,4-3-9(20)28)5-8-6-34-16-11(15(30)26(16)12(8)17(31)32)22-14(29)10(24-33-7-19)13-23-18(21)35-25-13/h11,16H,3-7H2,1-2H3,(H5-,20,21,22,23,25,28,29,31,32)/p+1/b24-10-/t11-,16+/m1/s1. The first kappa shape index (κ1) is 26.3. The van der Waals surface area contributed by atoms with E-state index in [1.54, 1.807) is 0 Å². The first-order chi connectivity index (χ1) is 16.4. The number of aromatic nitrogens is 2. The Bertz CT molecular complexity index is 1110. The Balaban J connectivity index is 1.78. The lowest BCUT2D eigenvalue weighted by molar-refractivity contribution is -0.885. The van der Waals surface area contributed by atoms with E-state index < -0.39 is 47.7 Å². The summed E-state index contributed by atoms with van der Waals surface area (Å²) in [4.78, 5) is 58.1. The molecular formula is C18H24FN8O6S2+. The molecule has 0 aliphatic carbocycles. The summed E-state index contributed by atoms with van der Waals surface area (Å²) >= 11 is 2.06. The Labute approximate surface area is 206 Å². The van der Waals surface area contributed by atoms with Gasteiger partial charge in [-0.05, 0) is 0 Å². The van der Waals surface area contributed by atoms with Gasteiger partial charge in [0.05, 0.1) is 27.1 Å². The van der Waals surface area contributed by atoms with Crippen LogP contribution in [0.4, 0.5) is 9.52 Å². The van der Waals surface area contributed by atoms with Crippen LogP contribution in [0.3, 0.4) is 0 Å². The molecule has 3 rings (SSSR count). The van der Waals surface area contributed by atoms with E-state index in [0.29, 0.717) is 16.6 Å². The van der Waals surface area contributed by atoms with E-state index in [1.165, 1.54) is 11.8 Å². The van der Waals surface area contributed by atoms with Crippen molar-refractivity contribution >= 4 is 57.8 Å². The minimum absolute atomic E-state index is 0.0374. The number of oxime groups is 1. The number of hydrogen-bond acceptors (Lipinski definition) is 11. The van der Waals surface area contributed by atoms with Crippen molar-refractivity contribution in [3.63, 3.8) is 0 Å². The molecule has 1 aromatic rings. The summed E-state index contributed by atoms with van der Waals surface area (Å²) in [5.41, 5.74) is 10.6. The van der Waals surface area contributed by atoms with E-state index >= 15 is 0 Å². The quantitative estimate of drug-likeness (QED) is 0.112. The molecule has 2 atom stereocenters. The summed E-state index contributed by atoms with van der Waals surface area (Å²) in [7, 11) is 3.65. The third-order valence-corrected chi connectivity index (χ3v) is 7.07. The average molecular weight is 532 g/mol. The highest BCUT2D eigenvalue weighted by molar-refractivity contribution is 8.00. The number of nitrogens with two attached hydrogens (primary N) is 2. The number of rotatable bonds is 11. The number of thioether (sulfide) groups is 1. The van der Waals surface area contributed by atoms with Gasteiger partial charge in [-0.25, -0.2) is 9.18 Å². The van der Waals surface area contributed by atoms with Crippen LogP contribution >= 0.6 is 23.3 Å². The molecule has 2 aliphatic heterocycles. The molecule has 17 heteroatoms. The highest BCUT2D eigenvalue weighted by atomic mass is 32.2. The van der Waals surface area contributed by atoms with Gasteiger partial charge in [0.2, 0.25) is 17.4 Å². The van der Waals surface area contributed by atoms with E-state index in [2.05, 4.69) is 24.7 Å². The van der Waals surface area contributed by atoms with E-state index in [0.717, 1.165) is 16.4 Å².